The Balaban J connectivity index is 1.51. The van der Waals surface area contributed by atoms with Crippen molar-refractivity contribution in [3.8, 4) is 0 Å². The van der Waals surface area contributed by atoms with Gasteiger partial charge in [-0.2, -0.15) is 0 Å². The van der Waals surface area contributed by atoms with E-state index in [2.05, 4.69) is 61.5 Å². The molecule has 4 fully saturated rings. The van der Waals surface area contributed by atoms with E-state index < -0.39 is 0 Å². The fourth-order valence-electron chi connectivity index (χ4n) is 11.0. The van der Waals surface area contributed by atoms with Crippen LogP contribution in [-0.4, -0.2) is 12.1 Å². The van der Waals surface area contributed by atoms with Gasteiger partial charge in [0.05, 0.1) is 0 Å². The van der Waals surface area contributed by atoms with Crippen LogP contribution in [0.3, 0.4) is 0 Å². The van der Waals surface area contributed by atoms with E-state index in [1.165, 1.54) is 57.8 Å². The van der Waals surface area contributed by atoms with Crippen LogP contribution in [0.4, 0.5) is 0 Å². The lowest BCUT2D eigenvalue weighted by Gasteiger charge is -2.72. The Morgan fingerprint density at radius 3 is 2.12 bits per heavy atom. The molecule has 0 aromatic rings. The molecule has 3 unspecified atom stereocenters. The average Bonchev–Trinajstić information content (AvgIpc) is 2.72. The van der Waals surface area contributed by atoms with Gasteiger partial charge in [-0.15, -0.1) is 0 Å². The van der Waals surface area contributed by atoms with Gasteiger partial charge in [0.15, 0.2) is 0 Å². The first kappa shape index (κ1) is 24.9. The third-order valence-electron chi connectivity index (χ3n) is 13.2. The molecule has 0 radical (unpaired) electrons. The number of rotatable bonds is 1. The molecule has 0 N–H and O–H groups in total. The lowest BCUT2D eigenvalue weighted by atomic mass is 9.32. The zero-order valence-electron chi connectivity index (χ0n) is 23.8. The summed E-state index contributed by atoms with van der Waals surface area (Å²) >= 11 is 0. The van der Waals surface area contributed by atoms with E-state index in [0.29, 0.717) is 33.0 Å². The largest absolute Gasteiger partial charge is 0.462 e. The summed E-state index contributed by atoms with van der Waals surface area (Å²) in [4.78, 5) is 11.9. The molecular weight excluding hydrogens is 416 g/mol. The maximum Gasteiger partial charge on any atom is 0.302 e. The molecule has 8 atom stereocenters. The van der Waals surface area contributed by atoms with Gasteiger partial charge in [0.25, 0.3) is 0 Å². The van der Waals surface area contributed by atoms with E-state index in [9.17, 15) is 4.79 Å². The molecule has 34 heavy (non-hydrogen) atoms. The van der Waals surface area contributed by atoms with Crippen molar-refractivity contribution >= 4 is 5.97 Å². The Kier molecular flexibility index (Phi) is 5.40. The van der Waals surface area contributed by atoms with E-state index in [1.54, 1.807) is 6.92 Å². The molecule has 192 valence electrons. The molecule has 5 aliphatic rings. The van der Waals surface area contributed by atoms with Crippen molar-refractivity contribution in [2.24, 2.45) is 50.2 Å². The summed E-state index contributed by atoms with van der Waals surface area (Å²) in [6.07, 6.45) is 16.0. The highest BCUT2D eigenvalue weighted by Gasteiger charge is 2.69. The first-order valence-electron chi connectivity index (χ1n) is 14.5. The Hall–Kier alpha value is -0.790. The monoisotopic (exact) mass is 468 g/mol. The molecule has 5 rings (SSSR count). The van der Waals surface area contributed by atoms with Crippen LogP contribution in [-0.2, 0) is 9.53 Å². The number of esters is 1. The Bertz CT molecular complexity index is 897. The van der Waals surface area contributed by atoms with Crippen molar-refractivity contribution in [2.45, 2.75) is 133 Å². The smallest absolute Gasteiger partial charge is 0.302 e. The number of carbonyl (C=O) groups is 1. The molecule has 4 saturated carbocycles. The Labute approximate surface area is 210 Å². The van der Waals surface area contributed by atoms with Crippen molar-refractivity contribution in [3.05, 3.63) is 11.6 Å². The second-order valence-electron chi connectivity index (χ2n) is 15.7. The summed E-state index contributed by atoms with van der Waals surface area (Å²) < 4.78 is 5.91. The quantitative estimate of drug-likeness (QED) is 0.284. The summed E-state index contributed by atoms with van der Waals surface area (Å²) in [7, 11) is 0. The van der Waals surface area contributed by atoms with E-state index in [1.807, 2.05) is 5.57 Å². The fourth-order valence-corrected chi connectivity index (χ4v) is 11.0. The normalized spacial score (nSPS) is 51.1. The molecule has 5 aliphatic carbocycles. The molecular formula is C32H52O2. The molecule has 0 aromatic heterocycles. The molecule has 0 bridgehead atoms. The van der Waals surface area contributed by atoms with Gasteiger partial charge in [0.1, 0.15) is 6.10 Å². The van der Waals surface area contributed by atoms with Crippen LogP contribution in [0.2, 0.25) is 0 Å². The molecule has 2 nitrogen and oxygen atoms in total. The first-order valence-corrected chi connectivity index (χ1v) is 14.5. The van der Waals surface area contributed by atoms with Gasteiger partial charge in [0.2, 0.25) is 0 Å². The maximum absolute atomic E-state index is 11.9. The molecule has 0 heterocycles. The van der Waals surface area contributed by atoms with E-state index in [0.717, 1.165) is 18.3 Å². The van der Waals surface area contributed by atoms with Gasteiger partial charge in [-0.25, -0.2) is 0 Å². The zero-order chi connectivity index (χ0) is 24.9. The highest BCUT2D eigenvalue weighted by atomic mass is 16.5. The molecule has 0 spiro atoms. The second kappa shape index (κ2) is 7.38. The fraction of sp³-hybridized carbons (Fsp3) is 0.906. The maximum atomic E-state index is 11.9. The van der Waals surface area contributed by atoms with Crippen LogP contribution in [0.15, 0.2) is 11.6 Å². The van der Waals surface area contributed by atoms with Gasteiger partial charge < -0.3 is 4.74 Å². The number of hydrogen-bond donors (Lipinski definition) is 0. The summed E-state index contributed by atoms with van der Waals surface area (Å²) in [5.74, 6) is 2.07. The third kappa shape index (κ3) is 3.21. The average molecular weight is 469 g/mol. The molecule has 0 amide bonds. The number of fused-ring (bicyclic) bond motifs is 7. The highest BCUT2D eigenvalue weighted by molar-refractivity contribution is 5.66. The number of hydrogen-bond acceptors (Lipinski definition) is 2. The molecule has 0 aliphatic heterocycles. The van der Waals surface area contributed by atoms with E-state index in [-0.39, 0.29) is 17.5 Å². The first-order chi connectivity index (χ1) is 15.6. The highest BCUT2D eigenvalue weighted by Crippen LogP contribution is 2.76. The molecule has 2 heteroatoms. The Morgan fingerprint density at radius 2 is 1.44 bits per heavy atom. The minimum Gasteiger partial charge on any atom is -0.462 e. The third-order valence-corrected chi connectivity index (χ3v) is 13.2. The number of carbonyl (C=O) groups excluding carboxylic acids is 1. The summed E-state index contributed by atoms with van der Waals surface area (Å²) in [5, 5.41) is 0. The lowest BCUT2D eigenvalue weighted by molar-refractivity contribution is -0.233. The number of ether oxygens (including phenoxy) is 1. The Morgan fingerprint density at radius 1 is 0.765 bits per heavy atom. The van der Waals surface area contributed by atoms with Crippen molar-refractivity contribution in [1.29, 1.82) is 0 Å². The van der Waals surface area contributed by atoms with Gasteiger partial charge in [-0.3, -0.25) is 4.79 Å². The van der Waals surface area contributed by atoms with Crippen LogP contribution in [0.1, 0.15) is 127 Å². The van der Waals surface area contributed by atoms with Crippen molar-refractivity contribution in [2.75, 3.05) is 0 Å². The van der Waals surface area contributed by atoms with E-state index in [4.69, 9.17) is 4.74 Å². The van der Waals surface area contributed by atoms with E-state index >= 15 is 0 Å². The minimum atomic E-state index is -0.107. The standard InChI is InChI=1S/C32H52O2/c1-21(33)34-26-13-14-30(7)24(28(26,4)5)12-15-32(9)25(30)11-10-22-23-20-27(2,3)16-17-29(23,6)18-19-31(22,32)8/h20,22,24-26H,10-19H2,1-9H3/t22?,24?,25?,26-,29+,30-,31+,32+/m0/s1. The predicted octanol–water partition coefficient (Wildman–Crippen LogP) is 8.74. The topological polar surface area (TPSA) is 26.3 Å². The summed E-state index contributed by atoms with van der Waals surface area (Å²) in [6, 6.07) is 0. The van der Waals surface area contributed by atoms with Crippen molar-refractivity contribution in [1.82, 2.24) is 0 Å². The minimum absolute atomic E-state index is 0.0544. The van der Waals surface area contributed by atoms with Crippen molar-refractivity contribution in [3.63, 3.8) is 0 Å². The van der Waals surface area contributed by atoms with Crippen molar-refractivity contribution < 1.29 is 9.53 Å². The SMILES string of the molecule is CC(=O)O[C@H]1CC[C@@]2(C)C(CC[C@]3(C)C2CCC2C4=CC(C)(C)CC[C@]4(C)CC[C@]23C)C1(C)C. The molecule has 0 aromatic carbocycles. The summed E-state index contributed by atoms with van der Waals surface area (Å²) in [5.41, 5.74) is 3.85. The van der Waals surface area contributed by atoms with Crippen LogP contribution in [0.5, 0.6) is 0 Å². The summed E-state index contributed by atoms with van der Waals surface area (Å²) in [6.45, 7) is 22.0. The van der Waals surface area contributed by atoms with Crippen LogP contribution in [0.25, 0.3) is 0 Å². The van der Waals surface area contributed by atoms with Gasteiger partial charge in [-0.05, 0) is 109 Å². The van der Waals surface area contributed by atoms with Gasteiger partial charge in [0, 0.05) is 12.3 Å². The lowest BCUT2D eigenvalue weighted by Crippen LogP contribution is -2.66. The van der Waals surface area contributed by atoms with Gasteiger partial charge in [-0.1, -0.05) is 67.0 Å². The predicted molar refractivity (Wildman–Crippen MR) is 140 cm³/mol. The zero-order valence-corrected chi connectivity index (χ0v) is 23.8. The van der Waals surface area contributed by atoms with Crippen LogP contribution in [0, 0.1) is 50.2 Å². The van der Waals surface area contributed by atoms with Gasteiger partial charge >= 0.3 is 5.97 Å². The molecule has 0 saturated heterocycles. The van der Waals surface area contributed by atoms with Crippen LogP contribution < -0.4 is 0 Å². The number of allylic oxidation sites excluding steroid dienone is 2. The second-order valence-corrected chi connectivity index (χ2v) is 15.7. The van der Waals surface area contributed by atoms with Crippen LogP contribution >= 0.6 is 0 Å².